The molecule has 1 aromatic heterocycles. The summed E-state index contributed by atoms with van der Waals surface area (Å²) >= 11 is 0. The fourth-order valence-corrected chi connectivity index (χ4v) is 3.48. The Bertz CT molecular complexity index is 660. The van der Waals surface area contributed by atoms with Crippen molar-refractivity contribution in [2.24, 2.45) is 5.41 Å². The zero-order valence-electron chi connectivity index (χ0n) is 14.6. The lowest BCUT2D eigenvalue weighted by Crippen LogP contribution is -2.46. The smallest absolute Gasteiger partial charge is 0.412 e. The van der Waals surface area contributed by atoms with Gasteiger partial charge in [-0.1, -0.05) is 0 Å². The van der Waals surface area contributed by atoms with Crippen LogP contribution in [-0.2, 0) is 9.47 Å². The van der Waals surface area contributed by atoms with Gasteiger partial charge in [-0.15, -0.1) is 0 Å². The minimum Gasteiger partial charge on any atom is -0.444 e. The minimum absolute atomic E-state index is 0.172. The lowest BCUT2D eigenvalue weighted by atomic mass is 9.71. The van der Waals surface area contributed by atoms with E-state index < -0.39 is 11.7 Å². The van der Waals surface area contributed by atoms with Crippen LogP contribution in [0.25, 0.3) is 0 Å². The van der Waals surface area contributed by atoms with Crippen LogP contribution in [0.5, 0.6) is 0 Å². The molecule has 0 atom stereocenters. The number of pyridine rings is 1. The Morgan fingerprint density at radius 2 is 2.00 bits per heavy atom. The molecule has 3 rings (SSSR count). The molecule has 1 amide bonds. The molecule has 0 bridgehead atoms. The highest BCUT2D eigenvalue weighted by molar-refractivity contribution is 5.84. The van der Waals surface area contributed by atoms with Crippen LogP contribution in [0.15, 0.2) is 23.1 Å². The van der Waals surface area contributed by atoms with E-state index >= 15 is 0 Å². The molecule has 0 radical (unpaired) electrons. The normalized spacial score (nSPS) is 20.5. The number of nitrogens with zero attached hydrogens (tertiary/aromatic N) is 1. The monoisotopic (exact) mass is 334 g/mol. The first kappa shape index (κ1) is 17.0. The molecule has 0 unspecified atom stereocenters. The van der Waals surface area contributed by atoms with Gasteiger partial charge in [0.1, 0.15) is 11.3 Å². The van der Waals surface area contributed by atoms with Crippen molar-refractivity contribution < 1.29 is 14.3 Å². The van der Waals surface area contributed by atoms with Crippen molar-refractivity contribution >= 4 is 11.8 Å². The highest BCUT2D eigenvalue weighted by Gasteiger charge is 2.42. The van der Waals surface area contributed by atoms with Crippen LogP contribution in [0.4, 0.5) is 10.5 Å². The zero-order chi connectivity index (χ0) is 17.4. The van der Waals surface area contributed by atoms with Gasteiger partial charge in [0.25, 0.3) is 5.56 Å². The lowest BCUT2D eigenvalue weighted by Gasteiger charge is -2.46. The Morgan fingerprint density at radius 3 is 2.54 bits per heavy atom. The van der Waals surface area contributed by atoms with Gasteiger partial charge in [-0.25, -0.2) is 4.79 Å². The standard InChI is InChI=1S/C18H26N2O4/c1-17(2,3)24-16(22)19-14-5-4-10-20(15(14)21)13-6-8-18(9-7-13)11-23-12-18/h4-5,10,13H,6-9,11-12H2,1-3H3,(H,19,22). The van der Waals surface area contributed by atoms with Crippen molar-refractivity contribution in [3.05, 3.63) is 28.7 Å². The molecular weight excluding hydrogens is 308 g/mol. The average molecular weight is 334 g/mol. The van der Waals surface area contributed by atoms with Gasteiger partial charge in [0.05, 0.1) is 13.2 Å². The van der Waals surface area contributed by atoms with Gasteiger partial charge in [0.15, 0.2) is 0 Å². The SMILES string of the molecule is CC(C)(C)OC(=O)Nc1cccn(C2CCC3(CC2)COC3)c1=O. The van der Waals surface area contributed by atoms with Crippen LogP contribution in [0.2, 0.25) is 0 Å². The number of nitrogens with one attached hydrogen (secondary N) is 1. The van der Waals surface area contributed by atoms with Crippen molar-refractivity contribution in [2.75, 3.05) is 18.5 Å². The molecule has 1 saturated heterocycles. The van der Waals surface area contributed by atoms with Crippen LogP contribution in [0.1, 0.15) is 52.5 Å². The van der Waals surface area contributed by atoms with E-state index in [1.807, 2.05) is 6.20 Å². The van der Waals surface area contributed by atoms with Gasteiger partial charge in [-0.05, 0) is 58.6 Å². The number of carbonyl (C=O) groups is 1. The second kappa shape index (κ2) is 6.24. The topological polar surface area (TPSA) is 69.6 Å². The molecule has 6 heteroatoms. The summed E-state index contributed by atoms with van der Waals surface area (Å²) in [6.07, 6.45) is 5.33. The van der Waals surface area contributed by atoms with E-state index in [0.29, 0.717) is 5.41 Å². The minimum atomic E-state index is -0.605. The predicted molar refractivity (Wildman–Crippen MR) is 91.3 cm³/mol. The highest BCUT2D eigenvalue weighted by atomic mass is 16.6. The van der Waals surface area contributed by atoms with E-state index in [2.05, 4.69) is 5.32 Å². The number of hydrogen-bond donors (Lipinski definition) is 1. The zero-order valence-corrected chi connectivity index (χ0v) is 14.6. The molecule has 1 aromatic rings. The number of carbonyl (C=O) groups excluding carboxylic acids is 1. The Hall–Kier alpha value is -1.82. The summed E-state index contributed by atoms with van der Waals surface area (Å²) in [6, 6.07) is 3.60. The number of hydrogen-bond acceptors (Lipinski definition) is 4. The maximum atomic E-state index is 12.7. The third-order valence-corrected chi connectivity index (χ3v) is 4.84. The fraction of sp³-hybridized carbons (Fsp3) is 0.667. The number of rotatable bonds is 2. The predicted octanol–water partition coefficient (Wildman–Crippen LogP) is 3.33. The summed E-state index contributed by atoms with van der Waals surface area (Å²) in [5.74, 6) is 0. The third kappa shape index (κ3) is 3.64. The van der Waals surface area contributed by atoms with Crippen LogP contribution in [0, 0.1) is 5.41 Å². The molecule has 132 valence electrons. The first-order chi connectivity index (χ1) is 11.3. The van der Waals surface area contributed by atoms with E-state index in [0.717, 1.165) is 38.9 Å². The molecular formula is C18H26N2O4. The van der Waals surface area contributed by atoms with Crippen LogP contribution >= 0.6 is 0 Å². The Labute approximate surface area is 142 Å². The number of ether oxygens (including phenoxy) is 2. The Morgan fingerprint density at radius 1 is 1.33 bits per heavy atom. The second-order valence-electron chi connectivity index (χ2n) is 7.99. The van der Waals surface area contributed by atoms with Crippen molar-refractivity contribution in [1.82, 2.24) is 4.57 Å². The first-order valence-electron chi connectivity index (χ1n) is 8.57. The molecule has 2 fully saturated rings. The molecule has 1 saturated carbocycles. The van der Waals surface area contributed by atoms with E-state index in [1.54, 1.807) is 37.5 Å². The summed E-state index contributed by atoms with van der Waals surface area (Å²) in [7, 11) is 0. The van der Waals surface area contributed by atoms with Crippen molar-refractivity contribution in [2.45, 2.75) is 58.1 Å². The molecule has 2 heterocycles. The van der Waals surface area contributed by atoms with E-state index in [1.165, 1.54) is 0 Å². The number of amides is 1. The highest BCUT2D eigenvalue weighted by Crippen LogP contribution is 2.45. The molecule has 24 heavy (non-hydrogen) atoms. The maximum absolute atomic E-state index is 12.7. The molecule has 2 aliphatic rings. The summed E-state index contributed by atoms with van der Waals surface area (Å²) < 4.78 is 12.3. The van der Waals surface area contributed by atoms with E-state index in [9.17, 15) is 9.59 Å². The first-order valence-corrected chi connectivity index (χ1v) is 8.57. The Balaban J connectivity index is 1.69. The quantitative estimate of drug-likeness (QED) is 0.901. The van der Waals surface area contributed by atoms with E-state index in [-0.39, 0.29) is 17.3 Å². The molecule has 1 N–H and O–H groups in total. The van der Waals surface area contributed by atoms with Gasteiger partial charge in [-0.3, -0.25) is 10.1 Å². The van der Waals surface area contributed by atoms with Crippen molar-refractivity contribution in [3.63, 3.8) is 0 Å². The fourth-order valence-electron chi connectivity index (χ4n) is 3.48. The summed E-state index contributed by atoms with van der Waals surface area (Å²) in [4.78, 5) is 24.6. The number of aromatic nitrogens is 1. The number of anilines is 1. The van der Waals surface area contributed by atoms with Crippen molar-refractivity contribution in [1.29, 1.82) is 0 Å². The Kier molecular flexibility index (Phi) is 4.42. The second-order valence-corrected chi connectivity index (χ2v) is 7.99. The largest absolute Gasteiger partial charge is 0.444 e. The van der Waals surface area contributed by atoms with Crippen LogP contribution in [0.3, 0.4) is 0 Å². The van der Waals surface area contributed by atoms with Gasteiger partial charge in [0.2, 0.25) is 0 Å². The van der Waals surface area contributed by atoms with Gasteiger partial charge in [0, 0.05) is 17.7 Å². The third-order valence-electron chi connectivity index (χ3n) is 4.84. The summed E-state index contributed by atoms with van der Waals surface area (Å²) in [5, 5.41) is 2.57. The van der Waals surface area contributed by atoms with Crippen LogP contribution in [-0.4, -0.2) is 29.5 Å². The average Bonchev–Trinajstić information content (AvgIpc) is 2.46. The molecule has 1 aliphatic carbocycles. The van der Waals surface area contributed by atoms with Gasteiger partial charge in [-0.2, -0.15) is 0 Å². The molecule has 1 aliphatic heterocycles. The van der Waals surface area contributed by atoms with Crippen molar-refractivity contribution in [3.8, 4) is 0 Å². The molecule has 1 spiro atoms. The molecule has 0 aromatic carbocycles. The summed E-state index contributed by atoms with van der Waals surface area (Å²) in [6.45, 7) is 7.08. The maximum Gasteiger partial charge on any atom is 0.412 e. The molecule has 6 nitrogen and oxygen atoms in total. The van der Waals surface area contributed by atoms with Gasteiger partial charge < -0.3 is 14.0 Å². The lowest BCUT2D eigenvalue weighted by molar-refractivity contribution is -0.135. The summed E-state index contributed by atoms with van der Waals surface area (Å²) in [5.41, 5.74) is -0.152. The van der Waals surface area contributed by atoms with Crippen LogP contribution < -0.4 is 10.9 Å². The van der Waals surface area contributed by atoms with Gasteiger partial charge >= 0.3 is 6.09 Å². The van der Waals surface area contributed by atoms with E-state index in [4.69, 9.17) is 9.47 Å².